The fourth-order valence-electron chi connectivity index (χ4n) is 9.71. The number of aromatic nitrogens is 5. The van der Waals surface area contributed by atoms with Crippen LogP contribution in [0.25, 0.3) is 121 Å². The number of para-hydroxylation sites is 2. The van der Waals surface area contributed by atoms with Crippen LogP contribution in [0.15, 0.2) is 212 Å². The van der Waals surface area contributed by atoms with Gasteiger partial charge in [0.1, 0.15) is 0 Å². The van der Waals surface area contributed by atoms with Crippen LogP contribution in [0.1, 0.15) is 0 Å². The van der Waals surface area contributed by atoms with E-state index in [0.717, 1.165) is 55.3 Å². The predicted molar refractivity (Wildman–Crippen MR) is 257 cm³/mol. The Bertz CT molecular complexity index is 3920. The SMILES string of the molecule is c1ccc(-c2nc(-c3ccc4ccccc4c3)nc(-c3ccc(-n4c5cc6c7ccccc7n(-c7ccccc7)c6cc5c5c6ccccc6ccc54)c4ccccc34)n2)cc1. The van der Waals surface area contributed by atoms with Gasteiger partial charge in [-0.1, -0.05) is 158 Å². The lowest BCUT2D eigenvalue weighted by atomic mass is 10.0. The van der Waals surface area contributed by atoms with Gasteiger partial charge >= 0.3 is 0 Å². The largest absolute Gasteiger partial charge is 0.309 e. The molecule has 0 atom stereocenters. The second-order valence-corrected chi connectivity index (χ2v) is 16.0. The number of benzene rings is 10. The van der Waals surface area contributed by atoms with E-state index >= 15 is 0 Å². The van der Waals surface area contributed by atoms with Crippen molar-refractivity contribution in [3.8, 4) is 45.5 Å². The van der Waals surface area contributed by atoms with E-state index in [9.17, 15) is 0 Å². The van der Waals surface area contributed by atoms with Crippen molar-refractivity contribution < 1.29 is 0 Å². The summed E-state index contributed by atoms with van der Waals surface area (Å²) in [6, 6.07) is 75.8. The molecule has 288 valence electrons. The molecule has 5 heteroatoms. The van der Waals surface area contributed by atoms with Gasteiger partial charge < -0.3 is 9.13 Å². The van der Waals surface area contributed by atoms with E-state index in [1.54, 1.807) is 0 Å². The Morgan fingerprint density at radius 1 is 0.290 bits per heavy atom. The molecule has 0 fully saturated rings. The summed E-state index contributed by atoms with van der Waals surface area (Å²) >= 11 is 0. The van der Waals surface area contributed by atoms with Gasteiger partial charge in [0.15, 0.2) is 17.5 Å². The van der Waals surface area contributed by atoms with Crippen LogP contribution in [0.4, 0.5) is 0 Å². The Labute approximate surface area is 356 Å². The summed E-state index contributed by atoms with van der Waals surface area (Å²) in [5.41, 5.74) is 9.76. The van der Waals surface area contributed by atoms with E-state index in [1.807, 2.05) is 18.2 Å². The van der Waals surface area contributed by atoms with Crippen LogP contribution in [0, 0.1) is 0 Å². The summed E-state index contributed by atoms with van der Waals surface area (Å²) in [4.78, 5) is 15.5. The van der Waals surface area contributed by atoms with Crippen molar-refractivity contribution in [1.82, 2.24) is 24.1 Å². The molecule has 0 aliphatic carbocycles. The number of hydrogen-bond acceptors (Lipinski definition) is 3. The molecule has 0 spiro atoms. The number of rotatable bonds is 5. The maximum atomic E-state index is 5.24. The molecule has 0 radical (unpaired) electrons. The van der Waals surface area contributed by atoms with Gasteiger partial charge in [0.05, 0.1) is 27.8 Å². The number of hydrogen-bond donors (Lipinski definition) is 0. The minimum atomic E-state index is 0.633. The van der Waals surface area contributed by atoms with Crippen molar-refractivity contribution in [2.45, 2.75) is 0 Å². The fourth-order valence-corrected chi connectivity index (χ4v) is 9.71. The van der Waals surface area contributed by atoms with Gasteiger partial charge in [-0.05, 0) is 81.5 Å². The van der Waals surface area contributed by atoms with Crippen molar-refractivity contribution in [2.24, 2.45) is 0 Å². The first kappa shape index (κ1) is 34.5. The van der Waals surface area contributed by atoms with Gasteiger partial charge in [-0.2, -0.15) is 0 Å². The Morgan fingerprint density at radius 3 is 1.71 bits per heavy atom. The average molecular weight is 790 g/mol. The number of fused-ring (bicyclic) bond motifs is 10. The zero-order chi connectivity index (χ0) is 40.7. The molecule has 5 nitrogen and oxygen atoms in total. The molecule has 0 unspecified atom stereocenters. The molecule has 0 aliphatic heterocycles. The van der Waals surface area contributed by atoms with E-state index in [-0.39, 0.29) is 0 Å². The lowest BCUT2D eigenvalue weighted by molar-refractivity contribution is 1.08. The van der Waals surface area contributed by atoms with Gasteiger partial charge in [0.2, 0.25) is 0 Å². The smallest absolute Gasteiger partial charge is 0.164 e. The predicted octanol–water partition coefficient (Wildman–Crippen LogP) is 14.5. The lowest BCUT2D eigenvalue weighted by Gasteiger charge is -2.15. The maximum Gasteiger partial charge on any atom is 0.164 e. The Hall–Kier alpha value is -8.41. The van der Waals surface area contributed by atoms with Gasteiger partial charge in [0, 0.05) is 49.3 Å². The highest BCUT2D eigenvalue weighted by atomic mass is 15.0. The zero-order valence-electron chi connectivity index (χ0n) is 33.4. The van der Waals surface area contributed by atoms with Crippen LogP contribution < -0.4 is 0 Å². The molecular weight excluding hydrogens is 755 g/mol. The molecular formula is C57H35N5. The van der Waals surface area contributed by atoms with Crippen LogP contribution in [-0.2, 0) is 0 Å². The molecule has 0 aliphatic rings. The Balaban J connectivity index is 1.09. The third-order valence-corrected chi connectivity index (χ3v) is 12.5. The Kier molecular flexibility index (Phi) is 7.54. The first-order chi connectivity index (χ1) is 30.7. The van der Waals surface area contributed by atoms with Crippen LogP contribution in [-0.4, -0.2) is 24.1 Å². The van der Waals surface area contributed by atoms with Crippen LogP contribution >= 0.6 is 0 Å². The second kappa shape index (κ2) is 13.6. The third-order valence-electron chi connectivity index (χ3n) is 12.5. The molecule has 13 rings (SSSR count). The topological polar surface area (TPSA) is 48.5 Å². The normalized spacial score (nSPS) is 11.9. The first-order valence-electron chi connectivity index (χ1n) is 21.0. The number of nitrogens with zero attached hydrogens (tertiary/aromatic N) is 5. The molecule has 3 aromatic heterocycles. The lowest BCUT2D eigenvalue weighted by Crippen LogP contribution is -2.02. The molecule has 0 N–H and O–H groups in total. The summed E-state index contributed by atoms with van der Waals surface area (Å²) in [5.74, 6) is 1.91. The van der Waals surface area contributed by atoms with Gasteiger partial charge in [-0.25, -0.2) is 15.0 Å². The van der Waals surface area contributed by atoms with E-state index < -0.39 is 0 Å². The molecule has 0 saturated heterocycles. The summed E-state index contributed by atoms with van der Waals surface area (Å²) in [5, 5.41) is 11.8. The minimum absolute atomic E-state index is 0.633. The summed E-state index contributed by atoms with van der Waals surface area (Å²) in [7, 11) is 0. The molecule has 3 heterocycles. The van der Waals surface area contributed by atoms with Crippen molar-refractivity contribution >= 4 is 75.9 Å². The Morgan fingerprint density at radius 2 is 0.887 bits per heavy atom. The summed E-state index contributed by atoms with van der Waals surface area (Å²) in [6.45, 7) is 0. The molecule has 0 amide bonds. The molecule has 62 heavy (non-hydrogen) atoms. The van der Waals surface area contributed by atoms with E-state index in [1.165, 1.54) is 48.7 Å². The molecule has 10 aromatic carbocycles. The highest BCUT2D eigenvalue weighted by Crippen LogP contribution is 2.44. The van der Waals surface area contributed by atoms with Crippen molar-refractivity contribution in [2.75, 3.05) is 0 Å². The molecule has 13 aromatic rings. The summed E-state index contributed by atoms with van der Waals surface area (Å²) in [6.07, 6.45) is 0. The van der Waals surface area contributed by atoms with Gasteiger partial charge in [0.25, 0.3) is 0 Å². The van der Waals surface area contributed by atoms with Crippen molar-refractivity contribution in [1.29, 1.82) is 0 Å². The van der Waals surface area contributed by atoms with E-state index in [2.05, 4.69) is 203 Å². The van der Waals surface area contributed by atoms with E-state index in [0.29, 0.717) is 17.5 Å². The second-order valence-electron chi connectivity index (χ2n) is 16.0. The third kappa shape index (κ3) is 5.25. The van der Waals surface area contributed by atoms with Gasteiger partial charge in [-0.3, -0.25) is 0 Å². The quantitative estimate of drug-likeness (QED) is 0.174. The fraction of sp³-hybridized carbons (Fsp3) is 0. The standard InChI is InChI=1S/C57H35N5/c1-3-17-38(18-4-1)55-58-56(40-28-27-36-15-7-8-19-39(36)33-40)60-57(59-55)46-30-32-50(44-24-12-11-23-43(44)46)62-51-31-29-37-16-9-10-22-42(37)54(51)48-35-52-47(34-53(48)62)45-25-13-14-26-49(45)61(52)41-20-5-2-6-21-41/h1-35H. The monoisotopic (exact) mass is 789 g/mol. The molecule has 0 saturated carbocycles. The maximum absolute atomic E-state index is 5.24. The molecule has 0 bridgehead atoms. The highest BCUT2D eigenvalue weighted by Gasteiger charge is 2.22. The van der Waals surface area contributed by atoms with Crippen molar-refractivity contribution in [3.63, 3.8) is 0 Å². The minimum Gasteiger partial charge on any atom is -0.309 e. The van der Waals surface area contributed by atoms with Crippen LogP contribution in [0.3, 0.4) is 0 Å². The van der Waals surface area contributed by atoms with Crippen molar-refractivity contribution in [3.05, 3.63) is 212 Å². The average Bonchev–Trinajstić information content (AvgIpc) is 3.85. The van der Waals surface area contributed by atoms with Crippen LogP contribution in [0.2, 0.25) is 0 Å². The summed E-state index contributed by atoms with van der Waals surface area (Å²) < 4.78 is 4.88. The zero-order valence-corrected chi connectivity index (χ0v) is 33.4. The van der Waals surface area contributed by atoms with Gasteiger partial charge in [-0.15, -0.1) is 0 Å². The first-order valence-corrected chi connectivity index (χ1v) is 21.0. The van der Waals surface area contributed by atoms with E-state index in [4.69, 9.17) is 15.0 Å². The van der Waals surface area contributed by atoms with Crippen LogP contribution in [0.5, 0.6) is 0 Å². The highest BCUT2D eigenvalue weighted by molar-refractivity contribution is 6.25.